The van der Waals surface area contributed by atoms with E-state index in [1.807, 2.05) is 23.7 Å². The topological polar surface area (TPSA) is 46.3 Å². The Morgan fingerprint density at radius 3 is 3.11 bits per heavy atom. The van der Waals surface area contributed by atoms with Crippen LogP contribution in [0.1, 0.15) is 25.1 Å². The van der Waals surface area contributed by atoms with E-state index in [0.29, 0.717) is 6.04 Å². The van der Waals surface area contributed by atoms with Crippen LogP contribution in [0.15, 0.2) is 12.4 Å². The standard InChI is InChI=1S/C12H16BrN5/c1-9-15-16-12-11(14-5-7-17(9)12)18-6-3-2-4-10(18)8-13/h5,7,10H,2-4,6,8H2,1H3. The van der Waals surface area contributed by atoms with Crippen molar-refractivity contribution < 1.29 is 0 Å². The first kappa shape index (κ1) is 11.9. The third-order valence-corrected chi connectivity index (χ3v) is 4.30. The average Bonchev–Trinajstić information content (AvgIpc) is 2.81. The fourth-order valence-corrected chi connectivity index (χ4v) is 3.24. The van der Waals surface area contributed by atoms with Crippen LogP contribution >= 0.6 is 15.9 Å². The molecular weight excluding hydrogens is 294 g/mol. The molecule has 18 heavy (non-hydrogen) atoms. The first-order valence-corrected chi connectivity index (χ1v) is 7.42. The Labute approximate surface area is 114 Å². The van der Waals surface area contributed by atoms with E-state index >= 15 is 0 Å². The first-order chi connectivity index (χ1) is 8.81. The number of fused-ring (bicyclic) bond motifs is 1. The quantitative estimate of drug-likeness (QED) is 0.798. The lowest BCUT2D eigenvalue weighted by Gasteiger charge is -2.35. The summed E-state index contributed by atoms with van der Waals surface area (Å²) < 4.78 is 2.00. The van der Waals surface area contributed by atoms with Crippen molar-refractivity contribution in [2.75, 3.05) is 16.8 Å². The highest BCUT2D eigenvalue weighted by Gasteiger charge is 2.25. The van der Waals surface area contributed by atoms with Gasteiger partial charge in [-0.3, -0.25) is 4.40 Å². The van der Waals surface area contributed by atoms with Crippen molar-refractivity contribution in [1.29, 1.82) is 0 Å². The van der Waals surface area contributed by atoms with Gasteiger partial charge < -0.3 is 4.90 Å². The number of aryl methyl sites for hydroxylation is 1. The van der Waals surface area contributed by atoms with Gasteiger partial charge >= 0.3 is 0 Å². The van der Waals surface area contributed by atoms with Gasteiger partial charge in [-0.2, -0.15) is 0 Å². The number of nitrogens with zero attached hydrogens (tertiary/aromatic N) is 5. The molecule has 0 radical (unpaired) electrons. The number of halogens is 1. The normalized spacial score (nSPS) is 20.6. The summed E-state index contributed by atoms with van der Waals surface area (Å²) in [4.78, 5) is 6.89. The molecule has 1 aliphatic heterocycles. The second-order valence-corrected chi connectivity index (χ2v) is 5.34. The van der Waals surface area contributed by atoms with Crippen molar-refractivity contribution in [3.8, 4) is 0 Å². The molecule has 0 bridgehead atoms. The van der Waals surface area contributed by atoms with Crippen molar-refractivity contribution in [2.24, 2.45) is 0 Å². The van der Waals surface area contributed by atoms with E-state index in [2.05, 4.69) is 36.0 Å². The summed E-state index contributed by atoms with van der Waals surface area (Å²) in [5, 5.41) is 9.37. The van der Waals surface area contributed by atoms with E-state index < -0.39 is 0 Å². The lowest BCUT2D eigenvalue weighted by molar-refractivity contribution is 0.488. The summed E-state index contributed by atoms with van der Waals surface area (Å²) in [6, 6.07) is 0.509. The first-order valence-electron chi connectivity index (χ1n) is 6.30. The third kappa shape index (κ3) is 1.88. The molecule has 96 valence electrons. The molecule has 1 fully saturated rings. The van der Waals surface area contributed by atoms with Gasteiger partial charge in [0, 0.05) is 30.3 Å². The molecular formula is C12H16BrN5. The molecule has 6 heteroatoms. The minimum Gasteiger partial charge on any atom is -0.350 e. The molecule has 1 saturated heterocycles. The van der Waals surface area contributed by atoms with Crippen molar-refractivity contribution in [1.82, 2.24) is 19.6 Å². The molecule has 0 N–H and O–H groups in total. The van der Waals surface area contributed by atoms with Gasteiger partial charge in [-0.15, -0.1) is 10.2 Å². The molecule has 3 heterocycles. The minimum absolute atomic E-state index is 0.509. The predicted octanol–water partition coefficient (Wildman–Crippen LogP) is 2.19. The summed E-state index contributed by atoms with van der Waals surface area (Å²) >= 11 is 3.61. The van der Waals surface area contributed by atoms with Gasteiger partial charge in [0.05, 0.1) is 0 Å². The molecule has 2 aromatic rings. The molecule has 0 aromatic carbocycles. The molecule has 0 amide bonds. The molecule has 3 rings (SSSR count). The Morgan fingerprint density at radius 1 is 1.39 bits per heavy atom. The molecule has 0 aliphatic carbocycles. The lowest BCUT2D eigenvalue weighted by atomic mass is 10.0. The highest BCUT2D eigenvalue weighted by Crippen LogP contribution is 2.26. The second-order valence-electron chi connectivity index (χ2n) is 4.69. The van der Waals surface area contributed by atoms with Crippen LogP contribution in [0.3, 0.4) is 0 Å². The van der Waals surface area contributed by atoms with Gasteiger partial charge in [0.15, 0.2) is 5.82 Å². The maximum absolute atomic E-state index is 4.52. The van der Waals surface area contributed by atoms with Crippen molar-refractivity contribution in [3.05, 3.63) is 18.2 Å². The van der Waals surface area contributed by atoms with E-state index in [4.69, 9.17) is 0 Å². The zero-order chi connectivity index (χ0) is 12.5. The minimum atomic E-state index is 0.509. The SMILES string of the molecule is Cc1nnc2c(N3CCCCC3CBr)nccn12. The fraction of sp³-hybridized carbons (Fsp3) is 0.583. The van der Waals surface area contributed by atoms with Crippen LogP contribution in [0.25, 0.3) is 5.65 Å². The van der Waals surface area contributed by atoms with E-state index in [1.54, 1.807) is 0 Å². The molecule has 2 aromatic heterocycles. The predicted molar refractivity (Wildman–Crippen MR) is 74.3 cm³/mol. The Kier molecular flexibility index (Phi) is 3.20. The third-order valence-electron chi connectivity index (χ3n) is 3.56. The zero-order valence-corrected chi connectivity index (χ0v) is 12.0. The highest BCUT2D eigenvalue weighted by molar-refractivity contribution is 9.09. The second kappa shape index (κ2) is 4.84. The van der Waals surface area contributed by atoms with Crippen molar-refractivity contribution >= 4 is 27.4 Å². The van der Waals surface area contributed by atoms with Crippen LogP contribution in [0.5, 0.6) is 0 Å². The molecule has 5 nitrogen and oxygen atoms in total. The number of piperidine rings is 1. The Hall–Kier alpha value is -1.17. The van der Waals surface area contributed by atoms with Crippen LogP contribution in [0.4, 0.5) is 5.82 Å². The van der Waals surface area contributed by atoms with Crippen LogP contribution < -0.4 is 4.90 Å². The number of anilines is 1. The maximum Gasteiger partial charge on any atom is 0.203 e. The molecule has 1 atom stereocenters. The Balaban J connectivity index is 2.07. The van der Waals surface area contributed by atoms with Gasteiger partial charge in [-0.05, 0) is 26.2 Å². The summed E-state index contributed by atoms with van der Waals surface area (Å²) in [7, 11) is 0. The Bertz CT molecular complexity index is 552. The maximum atomic E-state index is 4.52. The molecule has 1 unspecified atom stereocenters. The largest absolute Gasteiger partial charge is 0.350 e. The zero-order valence-electron chi connectivity index (χ0n) is 10.4. The lowest BCUT2D eigenvalue weighted by Crippen LogP contribution is -2.41. The van der Waals surface area contributed by atoms with E-state index in [1.165, 1.54) is 19.3 Å². The van der Waals surface area contributed by atoms with E-state index in [0.717, 1.165) is 29.2 Å². The number of hydrogen-bond donors (Lipinski definition) is 0. The summed E-state index contributed by atoms with van der Waals surface area (Å²) in [5.74, 6) is 1.86. The van der Waals surface area contributed by atoms with Crippen LogP contribution in [0.2, 0.25) is 0 Å². The highest BCUT2D eigenvalue weighted by atomic mass is 79.9. The van der Waals surface area contributed by atoms with Crippen LogP contribution in [-0.2, 0) is 0 Å². The number of aromatic nitrogens is 4. The number of hydrogen-bond acceptors (Lipinski definition) is 4. The van der Waals surface area contributed by atoms with Crippen molar-refractivity contribution in [2.45, 2.75) is 32.2 Å². The molecule has 1 aliphatic rings. The molecule has 0 saturated carbocycles. The fourth-order valence-electron chi connectivity index (χ4n) is 2.57. The van der Waals surface area contributed by atoms with Crippen LogP contribution in [0, 0.1) is 6.92 Å². The average molecular weight is 310 g/mol. The van der Waals surface area contributed by atoms with E-state index in [9.17, 15) is 0 Å². The van der Waals surface area contributed by atoms with Gasteiger partial charge in [0.2, 0.25) is 5.65 Å². The smallest absolute Gasteiger partial charge is 0.203 e. The van der Waals surface area contributed by atoms with Gasteiger partial charge in [-0.25, -0.2) is 4.98 Å². The van der Waals surface area contributed by atoms with Gasteiger partial charge in [0.1, 0.15) is 5.82 Å². The number of rotatable bonds is 2. The number of alkyl halides is 1. The van der Waals surface area contributed by atoms with E-state index in [-0.39, 0.29) is 0 Å². The summed E-state index contributed by atoms with van der Waals surface area (Å²) in [5.41, 5.74) is 0.864. The summed E-state index contributed by atoms with van der Waals surface area (Å²) in [6.45, 7) is 3.01. The Morgan fingerprint density at radius 2 is 2.28 bits per heavy atom. The summed E-state index contributed by atoms with van der Waals surface area (Å²) in [6.07, 6.45) is 7.47. The monoisotopic (exact) mass is 309 g/mol. The van der Waals surface area contributed by atoms with Gasteiger partial charge in [-0.1, -0.05) is 15.9 Å². The van der Waals surface area contributed by atoms with Crippen molar-refractivity contribution in [3.63, 3.8) is 0 Å². The molecule has 0 spiro atoms. The van der Waals surface area contributed by atoms with Gasteiger partial charge in [0.25, 0.3) is 0 Å². The van der Waals surface area contributed by atoms with Crippen LogP contribution in [-0.4, -0.2) is 37.5 Å².